The molecule has 12 nitrogen and oxygen atoms in total. The maximum Gasteiger partial charge on any atom is 0.306 e. The first-order valence-electron chi connectivity index (χ1n) is 26.1. The zero-order valence-corrected chi connectivity index (χ0v) is 42.8. The molecule has 2 N–H and O–H groups in total. The minimum Gasteiger partial charge on any atom is -0.756 e. The molecule has 0 radical (unpaired) electrons. The summed E-state index contributed by atoms with van der Waals surface area (Å²) in [6, 6.07) is 0. The van der Waals surface area contributed by atoms with Crippen molar-refractivity contribution in [1.29, 1.82) is 0 Å². The second-order valence-corrected chi connectivity index (χ2v) is 21.1. The van der Waals surface area contributed by atoms with E-state index in [1.165, 1.54) is 96.3 Å². The van der Waals surface area contributed by atoms with Crippen molar-refractivity contribution in [3.05, 3.63) is 24.3 Å². The molecule has 1 fully saturated rings. The van der Waals surface area contributed by atoms with Crippen molar-refractivity contribution in [2.75, 3.05) is 47.5 Å². The van der Waals surface area contributed by atoms with E-state index < -0.39 is 50.6 Å². The summed E-state index contributed by atoms with van der Waals surface area (Å²) in [5.74, 6) is -1.58. The van der Waals surface area contributed by atoms with E-state index in [0.29, 0.717) is 43.1 Å². The molecule has 1 unspecified atom stereocenters. The summed E-state index contributed by atoms with van der Waals surface area (Å²) in [6.07, 6.45) is 36.8. The number of carbonyl (C=O) groups is 3. The monoisotopic (exact) mass is 942 g/mol. The van der Waals surface area contributed by atoms with Crippen LogP contribution in [0.25, 0.3) is 0 Å². The average Bonchev–Trinajstić information content (AvgIpc) is 3.52. The molecule has 0 amide bonds. The molecule has 1 rings (SSSR count). The highest BCUT2D eigenvalue weighted by Gasteiger charge is 2.39. The molecule has 13 heteroatoms. The van der Waals surface area contributed by atoms with Crippen molar-refractivity contribution < 1.29 is 57.1 Å². The van der Waals surface area contributed by atoms with Gasteiger partial charge in [-0.1, -0.05) is 167 Å². The van der Waals surface area contributed by atoms with Crippen LogP contribution >= 0.6 is 7.82 Å². The van der Waals surface area contributed by atoms with Crippen LogP contribution in [0.15, 0.2) is 24.3 Å². The number of hydrogen-bond acceptors (Lipinski definition) is 11. The van der Waals surface area contributed by atoms with Crippen LogP contribution in [0, 0.1) is 11.8 Å². The van der Waals surface area contributed by atoms with Gasteiger partial charge in [0.05, 0.1) is 40.0 Å². The number of aliphatic hydroxyl groups is 2. The third-order valence-electron chi connectivity index (χ3n) is 12.4. The molecule has 0 spiro atoms. The Morgan fingerprint density at radius 2 is 1.23 bits per heavy atom. The lowest BCUT2D eigenvalue weighted by Gasteiger charge is -2.28. The smallest absolute Gasteiger partial charge is 0.306 e. The number of quaternary nitrogens is 1. The lowest BCUT2D eigenvalue weighted by Crippen LogP contribution is -2.37. The largest absolute Gasteiger partial charge is 0.756 e. The SMILES string of the molecule is CCCCCCCC/C=C\CCCCCCCCCCCCCC(=O)OC[C@H](COP(=O)([O-])OCC[N+](C)(C)C)OC(=O)CCCCCC[C@H]1[C@@H](O)CC(=O)[C@@H]1/C=C/[C@@H](O)CCCCC. The first-order valence-corrected chi connectivity index (χ1v) is 27.6. The molecule has 0 saturated heterocycles. The van der Waals surface area contributed by atoms with E-state index in [1.807, 2.05) is 21.1 Å². The van der Waals surface area contributed by atoms with Gasteiger partial charge >= 0.3 is 11.9 Å². The molecule has 380 valence electrons. The highest BCUT2D eigenvalue weighted by Crippen LogP contribution is 2.38. The quantitative estimate of drug-likeness (QED) is 0.0196. The Morgan fingerprint density at radius 3 is 1.80 bits per heavy atom. The first-order chi connectivity index (χ1) is 31.2. The molecule has 65 heavy (non-hydrogen) atoms. The number of likely N-dealkylation sites (N-methyl/N-ethyl adjacent to an activating group) is 1. The van der Waals surface area contributed by atoms with E-state index >= 15 is 0 Å². The van der Waals surface area contributed by atoms with Crippen LogP contribution in [-0.2, 0) is 37.5 Å². The Labute approximate surface area is 396 Å². The normalized spacial score (nSPS) is 18.7. The fourth-order valence-corrected chi connectivity index (χ4v) is 8.93. The van der Waals surface area contributed by atoms with Crippen molar-refractivity contribution in [2.45, 2.75) is 231 Å². The predicted octanol–water partition coefficient (Wildman–Crippen LogP) is 11.4. The summed E-state index contributed by atoms with van der Waals surface area (Å²) < 4.78 is 34.0. The average molecular weight is 942 g/mol. The number of esters is 2. The Hall–Kier alpha value is -1.92. The second-order valence-electron chi connectivity index (χ2n) is 19.7. The summed E-state index contributed by atoms with van der Waals surface area (Å²) in [5.41, 5.74) is 0. The Morgan fingerprint density at radius 1 is 0.723 bits per heavy atom. The van der Waals surface area contributed by atoms with Gasteiger partial charge in [-0.2, -0.15) is 0 Å². The van der Waals surface area contributed by atoms with Gasteiger partial charge in [0.1, 0.15) is 25.5 Å². The molecular formula is C52H96NO11P. The summed E-state index contributed by atoms with van der Waals surface area (Å²) in [6.45, 7) is 3.87. The van der Waals surface area contributed by atoms with Crippen molar-refractivity contribution in [3.8, 4) is 0 Å². The number of phosphoric acid groups is 1. The minimum absolute atomic E-state index is 0.000296. The third kappa shape index (κ3) is 35.8. The highest BCUT2D eigenvalue weighted by atomic mass is 31.2. The van der Waals surface area contributed by atoms with E-state index in [2.05, 4.69) is 26.0 Å². The molecule has 0 aliphatic heterocycles. The highest BCUT2D eigenvalue weighted by molar-refractivity contribution is 7.45. The van der Waals surface area contributed by atoms with Gasteiger partial charge in [-0.15, -0.1) is 0 Å². The molecule has 0 bridgehead atoms. The molecule has 0 aromatic rings. The van der Waals surface area contributed by atoms with Crippen LogP contribution in [-0.4, -0.2) is 98.2 Å². The van der Waals surface area contributed by atoms with E-state index in [4.69, 9.17) is 18.5 Å². The number of carbonyl (C=O) groups excluding carboxylic acids is 3. The van der Waals surface area contributed by atoms with E-state index in [-0.39, 0.29) is 44.2 Å². The van der Waals surface area contributed by atoms with Gasteiger partial charge in [-0.3, -0.25) is 18.9 Å². The Balaban J connectivity index is 2.36. The lowest BCUT2D eigenvalue weighted by atomic mass is 9.88. The molecule has 6 atom stereocenters. The van der Waals surface area contributed by atoms with Crippen molar-refractivity contribution in [1.82, 2.24) is 0 Å². The van der Waals surface area contributed by atoms with Crippen LogP contribution in [0.2, 0.25) is 0 Å². The minimum atomic E-state index is -4.70. The number of Topliss-reactive ketones (excluding diaryl/α,β-unsaturated/α-hetero) is 1. The molecular weight excluding hydrogens is 846 g/mol. The fraction of sp³-hybridized carbons (Fsp3) is 0.865. The molecule has 0 aromatic heterocycles. The summed E-state index contributed by atoms with van der Waals surface area (Å²) in [5, 5.41) is 20.8. The van der Waals surface area contributed by atoms with Gasteiger partial charge in [0.25, 0.3) is 7.82 Å². The van der Waals surface area contributed by atoms with Gasteiger partial charge in [0.2, 0.25) is 0 Å². The molecule has 0 heterocycles. The van der Waals surface area contributed by atoms with Crippen LogP contribution < -0.4 is 4.89 Å². The number of phosphoric ester groups is 1. The number of allylic oxidation sites excluding steroid dienone is 3. The topological polar surface area (TPSA) is 169 Å². The van der Waals surface area contributed by atoms with Crippen LogP contribution in [0.3, 0.4) is 0 Å². The number of unbranched alkanes of at least 4 members (excludes halogenated alkanes) is 22. The summed E-state index contributed by atoms with van der Waals surface area (Å²) in [7, 11) is 1.03. The van der Waals surface area contributed by atoms with Crippen LogP contribution in [0.4, 0.5) is 0 Å². The van der Waals surface area contributed by atoms with E-state index in [1.54, 1.807) is 12.2 Å². The number of nitrogens with zero attached hydrogens (tertiary/aromatic N) is 1. The number of hydrogen-bond donors (Lipinski definition) is 2. The number of rotatable bonds is 44. The van der Waals surface area contributed by atoms with E-state index in [0.717, 1.165) is 51.4 Å². The molecule has 0 aromatic carbocycles. The standard InChI is InChI=1S/C52H96NO11P/c1-6-8-10-11-12-13-14-15-16-17-18-19-20-21-22-23-24-25-26-27-32-36-51(57)61-43-46(44-63-65(59,60)62-41-40-53(3,4)5)64-52(58)37-33-29-28-31-35-47-48(50(56)42-49(47)55)39-38-45(54)34-30-9-7-2/h15-16,38-39,45-49,54-55H,6-14,17-37,40-44H2,1-5H3/b16-15-,39-38+/t45-,46+,47+,48+,49-/m0/s1. The number of ketones is 1. The van der Waals surface area contributed by atoms with Gasteiger partial charge in [-0.05, 0) is 57.3 Å². The van der Waals surface area contributed by atoms with Crippen LogP contribution in [0.1, 0.15) is 213 Å². The Kier molecular flexibility index (Phi) is 36.6. The first kappa shape index (κ1) is 61.1. The van der Waals surface area contributed by atoms with Crippen LogP contribution in [0.5, 0.6) is 0 Å². The number of ether oxygens (including phenoxy) is 2. The second kappa shape index (κ2) is 39.0. The number of aliphatic hydroxyl groups excluding tert-OH is 2. The molecule has 1 aliphatic rings. The van der Waals surface area contributed by atoms with Crippen molar-refractivity contribution in [2.24, 2.45) is 11.8 Å². The zero-order chi connectivity index (χ0) is 48.0. The fourth-order valence-electron chi connectivity index (χ4n) is 8.20. The summed E-state index contributed by atoms with van der Waals surface area (Å²) in [4.78, 5) is 50.5. The van der Waals surface area contributed by atoms with Crippen molar-refractivity contribution in [3.63, 3.8) is 0 Å². The maximum atomic E-state index is 12.9. The molecule has 1 saturated carbocycles. The van der Waals surface area contributed by atoms with Gasteiger partial charge < -0.3 is 38.1 Å². The third-order valence-corrected chi connectivity index (χ3v) is 13.3. The Bertz CT molecular complexity index is 1320. The lowest BCUT2D eigenvalue weighted by molar-refractivity contribution is -0.870. The maximum absolute atomic E-state index is 12.9. The van der Waals surface area contributed by atoms with E-state index in [9.17, 15) is 34.1 Å². The van der Waals surface area contributed by atoms with Crippen molar-refractivity contribution >= 4 is 25.5 Å². The van der Waals surface area contributed by atoms with Gasteiger partial charge in [0.15, 0.2) is 6.10 Å². The summed E-state index contributed by atoms with van der Waals surface area (Å²) >= 11 is 0. The zero-order valence-electron chi connectivity index (χ0n) is 41.9. The van der Waals surface area contributed by atoms with Gasteiger partial charge in [0, 0.05) is 25.2 Å². The predicted molar refractivity (Wildman–Crippen MR) is 260 cm³/mol. The molecule has 1 aliphatic carbocycles. The van der Waals surface area contributed by atoms with Gasteiger partial charge in [-0.25, -0.2) is 0 Å².